The summed E-state index contributed by atoms with van der Waals surface area (Å²) in [6.07, 6.45) is 5.50. The van der Waals surface area contributed by atoms with Gasteiger partial charge < -0.3 is 28.8 Å². The highest BCUT2D eigenvalue weighted by Crippen LogP contribution is 2.47. The highest BCUT2D eigenvalue weighted by atomic mass is 16.5. The number of esters is 1. The smallest absolute Gasteiger partial charge is 0.411 e. The average Bonchev–Trinajstić information content (AvgIpc) is 3.38. The minimum atomic E-state index is -0.930. The van der Waals surface area contributed by atoms with Crippen LogP contribution in [-0.2, 0) is 33.8 Å². The summed E-state index contributed by atoms with van der Waals surface area (Å²) in [5, 5.41) is 6.77. The Morgan fingerprint density at radius 1 is 0.885 bits per heavy atom. The molecule has 2 amide bonds. The third-order valence-electron chi connectivity index (χ3n) is 10.0. The molecule has 0 bridgehead atoms. The molecule has 0 saturated heterocycles. The number of anilines is 1. The molecule has 2 heterocycles. The fourth-order valence-corrected chi connectivity index (χ4v) is 7.45. The van der Waals surface area contributed by atoms with Crippen LogP contribution >= 0.6 is 0 Å². The lowest BCUT2D eigenvalue weighted by Crippen LogP contribution is -2.43. The molecule has 10 nitrogen and oxygen atoms in total. The second-order valence-corrected chi connectivity index (χ2v) is 13.3. The summed E-state index contributed by atoms with van der Waals surface area (Å²) in [5.74, 6) is 1.02. The van der Waals surface area contributed by atoms with Crippen LogP contribution in [0.4, 0.5) is 10.5 Å². The largest absolute Gasteiger partial charge is 0.497 e. The third-order valence-corrected chi connectivity index (χ3v) is 10.0. The molecule has 2 aliphatic rings. The Morgan fingerprint density at radius 2 is 1.67 bits per heavy atom. The topological polar surface area (TPSA) is 117 Å². The Kier molecular flexibility index (Phi) is 10.4. The summed E-state index contributed by atoms with van der Waals surface area (Å²) >= 11 is 0. The van der Waals surface area contributed by atoms with Gasteiger partial charge in [0.25, 0.3) is 5.91 Å². The van der Waals surface area contributed by atoms with Gasteiger partial charge in [0.2, 0.25) is 0 Å². The maximum absolute atomic E-state index is 13.8. The first-order valence-corrected chi connectivity index (χ1v) is 17.8. The number of carbonyl (C=O) groups excluding carboxylic acids is 3. The lowest BCUT2D eigenvalue weighted by atomic mass is 9.81. The Hall–Kier alpha value is -5.77. The Labute approximate surface area is 303 Å². The Bertz CT molecular complexity index is 2070. The van der Waals surface area contributed by atoms with E-state index >= 15 is 0 Å². The highest BCUT2D eigenvalue weighted by Gasteiger charge is 2.30. The van der Waals surface area contributed by atoms with E-state index < -0.39 is 18.1 Å². The standard InChI is InChI=1S/C42H43N3O7/c1-49-32-18-20-34-37(25-32)51-22-21-45-36-24-30(15-19-33(36)38(39(34)45)29-11-7-4-8-12-29)40(46)44-35(41(47)50-2)23-27-13-16-31(17-14-27)43-42(48)52-26-28-9-5-3-6-10-28/h3,5-6,9-10,13-20,24-25,29,35H,4,7-8,11-12,21-23,26H2,1-2H3,(H,43,48)(H,44,46)/t35-/m0/s1. The quantitative estimate of drug-likeness (QED) is 0.142. The molecular weight excluding hydrogens is 658 g/mol. The first kappa shape index (κ1) is 34.7. The van der Waals surface area contributed by atoms with Gasteiger partial charge in [-0.1, -0.05) is 67.8 Å². The molecule has 5 aromatic rings. The van der Waals surface area contributed by atoms with Crippen LogP contribution < -0.4 is 20.1 Å². The van der Waals surface area contributed by atoms with E-state index in [4.69, 9.17) is 18.9 Å². The van der Waals surface area contributed by atoms with Crippen molar-refractivity contribution >= 4 is 34.6 Å². The first-order valence-electron chi connectivity index (χ1n) is 17.8. The molecule has 10 heteroatoms. The normalized spacial score (nSPS) is 14.6. The van der Waals surface area contributed by atoms with E-state index in [0.717, 1.165) is 57.6 Å². The van der Waals surface area contributed by atoms with Gasteiger partial charge in [-0.05, 0) is 71.8 Å². The molecule has 1 aliphatic heterocycles. The van der Waals surface area contributed by atoms with Gasteiger partial charge in [0.15, 0.2) is 0 Å². The maximum atomic E-state index is 13.8. The number of methoxy groups -OCH3 is 2. The number of fused-ring (bicyclic) bond motifs is 5. The molecule has 0 radical (unpaired) electrons. The number of aromatic nitrogens is 1. The number of ether oxygens (including phenoxy) is 4. The number of nitrogens with one attached hydrogen (secondary N) is 2. The molecule has 268 valence electrons. The second kappa shape index (κ2) is 15.6. The fourth-order valence-electron chi connectivity index (χ4n) is 7.45. The fraction of sp³-hybridized carbons (Fsp3) is 0.310. The van der Waals surface area contributed by atoms with Crippen molar-refractivity contribution in [2.75, 3.05) is 26.1 Å². The second-order valence-electron chi connectivity index (χ2n) is 13.3. The van der Waals surface area contributed by atoms with E-state index in [1.54, 1.807) is 31.4 Å². The lowest BCUT2D eigenvalue weighted by Gasteiger charge is -2.23. The molecule has 1 fully saturated rings. The van der Waals surface area contributed by atoms with Gasteiger partial charge in [0.1, 0.15) is 30.8 Å². The molecule has 52 heavy (non-hydrogen) atoms. The van der Waals surface area contributed by atoms with E-state index in [9.17, 15) is 14.4 Å². The number of nitrogens with zero attached hydrogens (tertiary/aromatic N) is 1. The van der Waals surface area contributed by atoms with Gasteiger partial charge in [-0.3, -0.25) is 10.1 Å². The predicted molar refractivity (Wildman–Crippen MR) is 199 cm³/mol. The SMILES string of the molecule is COC(=O)[C@H](Cc1ccc(NC(=O)OCc2ccccc2)cc1)NC(=O)c1ccc2c(C3CCCCC3)c3n(c2c1)CCOc1cc(OC)ccc1-3. The van der Waals surface area contributed by atoms with Gasteiger partial charge in [-0.2, -0.15) is 0 Å². The van der Waals surface area contributed by atoms with E-state index in [1.807, 2.05) is 54.6 Å². The van der Waals surface area contributed by atoms with Crippen molar-refractivity contribution in [3.8, 4) is 22.8 Å². The van der Waals surface area contributed by atoms with Crippen LogP contribution in [0.15, 0.2) is 91.0 Å². The monoisotopic (exact) mass is 701 g/mol. The summed E-state index contributed by atoms with van der Waals surface area (Å²) in [7, 11) is 2.96. The summed E-state index contributed by atoms with van der Waals surface area (Å²) < 4.78 is 24.4. The molecule has 2 N–H and O–H groups in total. The van der Waals surface area contributed by atoms with Crippen molar-refractivity contribution in [1.29, 1.82) is 0 Å². The molecule has 1 aliphatic carbocycles. The number of rotatable bonds is 10. The number of hydrogen-bond acceptors (Lipinski definition) is 7. The molecule has 1 atom stereocenters. The number of benzene rings is 4. The van der Waals surface area contributed by atoms with E-state index in [1.165, 1.54) is 31.9 Å². The zero-order valence-corrected chi connectivity index (χ0v) is 29.5. The van der Waals surface area contributed by atoms with Crippen molar-refractivity contribution in [3.63, 3.8) is 0 Å². The molecule has 1 saturated carbocycles. The zero-order chi connectivity index (χ0) is 36.0. The van der Waals surface area contributed by atoms with Crippen molar-refractivity contribution in [2.24, 2.45) is 0 Å². The van der Waals surface area contributed by atoms with Crippen LogP contribution in [0.25, 0.3) is 22.2 Å². The van der Waals surface area contributed by atoms with Crippen molar-refractivity contribution < 1.29 is 33.3 Å². The van der Waals surface area contributed by atoms with E-state index in [2.05, 4.69) is 27.3 Å². The van der Waals surface area contributed by atoms with Crippen LogP contribution in [0.2, 0.25) is 0 Å². The Morgan fingerprint density at radius 3 is 2.42 bits per heavy atom. The summed E-state index contributed by atoms with van der Waals surface area (Å²) in [4.78, 5) is 39.1. The number of amides is 2. The van der Waals surface area contributed by atoms with Crippen molar-refractivity contribution in [3.05, 3.63) is 113 Å². The van der Waals surface area contributed by atoms with E-state index in [0.29, 0.717) is 30.3 Å². The molecule has 1 aromatic heterocycles. The maximum Gasteiger partial charge on any atom is 0.411 e. The van der Waals surface area contributed by atoms with Crippen LogP contribution in [0, 0.1) is 0 Å². The number of hydrogen-bond donors (Lipinski definition) is 2. The summed E-state index contributed by atoms with van der Waals surface area (Å²) in [6.45, 7) is 1.26. The zero-order valence-electron chi connectivity index (χ0n) is 29.5. The molecule has 7 rings (SSSR count). The van der Waals surface area contributed by atoms with Crippen LogP contribution in [0.5, 0.6) is 11.5 Å². The average molecular weight is 702 g/mol. The van der Waals surface area contributed by atoms with Crippen molar-refractivity contribution in [2.45, 2.75) is 63.6 Å². The minimum absolute atomic E-state index is 0.158. The van der Waals surface area contributed by atoms with Gasteiger partial charge in [-0.15, -0.1) is 0 Å². The molecule has 4 aromatic carbocycles. The summed E-state index contributed by atoms with van der Waals surface area (Å²) in [6, 6.07) is 27.4. The minimum Gasteiger partial charge on any atom is -0.497 e. The van der Waals surface area contributed by atoms with Crippen molar-refractivity contribution in [1.82, 2.24) is 9.88 Å². The Balaban J connectivity index is 1.11. The molecule has 0 unspecified atom stereocenters. The summed E-state index contributed by atoms with van der Waals surface area (Å²) in [5.41, 5.74) is 7.10. The lowest BCUT2D eigenvalue weighted by molar-refractivity contribution is -0.142. The van der Waals surface area contributed by atoms with Gasteiger partial charge >= 0.3 is 12.1 Å². The van der Waals surface area contributed by atoms with Crippen LogP contribution in [0.3, 0.4) is 0 Å². The van der Waals surface area contributed by atoms with E-state index in [-0.39, 0.29) is 18.9 Å². The van der Waals surface area contributed by atoms with Gasteiger partial charge in [-0.25, -0.2) is 9.59 Å². The van der Waals surface area contributed by atoms with Crippen LogP contribution in [0.1, 0.15) is 65.1 Å². The first-order chi connectivity index (χ1) is 25.4. The van der Waals surface area contributed by atoms with Crippen LogP contribution in [-0.4, -0.2) is 49.4 Å². The molecular formula is C42H43N3O7. The number of carbonyl (C=O) groups is 3. The third kappa shape index (κ3) is 7.46. The highest BCUT2D eigenvalue weighted by molar-refractivity contribution is 6.02. The van der Waals surface area contributed by atoms with Gasteiger partial charge in [0.05, 0.1) is 26.5 Å². The molecule has 0 spiro atoms. The predicted octanol–water partition coefficient (Wildman–Crippen LogP) is 8.02. The van der Waals surface area contributed by atoms with Gasteiger partial charge in [0, 0.05) is 40.2 Å².